The van der Waals surface area contributed by atoms with Crippen LogP contribution in [0.15, 0.2) is 24.4 Å². The van der Waals surface area contributed by atoms with Crippen molar-refractivity contribution in [2.24, 2.45) is 0 Å². The summed E-state index contributed by atoms with van der Waals surface area (Å²) in [6, 6.07) is 5.65. The molecule has 1 aromatic heterocycles. The Kier molecular flexibility index (Phi) is 5.83. The highest BCUT2D eigenvalue weighted by Gasteiger charge is 2.17. The smallest absolute Gasteiger partial charge is 0.165 e. The summed E-state index contributed by atoms with van der Waals surface area (Å²) in [7, 11) is 0.312. The summed E-state index contributed by atoms with van der Waals surface area (Å²) in [6.07, 6.45) is 1.78. The first-order valence-corrected chi connectivity index (χ1v) is 11.5. The molecule has 0 aliphatic heterocycles. The SMILES string of the molecule is COc1c(F)ccc(Cl)c1-c1ccn(COCC[Si](C)(C)C)n1. The van der Waals surface area contributed by atoms with E-state index >= 15 is 0 Å². The van der Waals surface area contributed by atoms with Gasteiger partial charge in [-0.25, -0.2) is 9.07 Å². The summed E-state index contributed by atoms with van der Waals surface area (Å²) in [6.45, 7) is 8.00. The summed E-state index contributed by atoms with van der Waals surface area (Å²) in [4.78, 5) is 0. The largest absolute Gasteiger partial charge is 0.493 e. The third kappa shape index (κ3) is 4.80. The summed E-state index contributed by atoms with van der Waals surface area (Å²) in [5, 5.41) is 4.79. The molecule has 7 heteroatoms. The molecule has 126 valence electrons. The van der Waals surface area contributed by atoms with Gasteiger partial charge in [0.25, 0.3) is 0 Å². The van der Waals surface area contributed by atoms with Gasteiger partial charge in [0.15, 0.2) is 11.6 Å². The minimum Gasteiger partial charge on any atom is -0.493 e. The summed E-state index contributed by atoms with van der Waals surface area (Å²) < 4.78 is 26.3. The van der Waals surface area contributed by atoms with E-state index in [0.29, 0.717) is 23.0 Å². The highest BCUT2D eigenvalue weighted by Crippen LogP contribution is 2.37. The Morgan fingerprint density at radius 2 is 2.00 bits per heavy atom. The van der Waals surface area contributed by atoms with Gasteiger partial charge in [-0.1, -0.05) is 31.2 Å². The van der Waals surface area contributed by atoms with E-state index in [1.54, 1.807) is 16.9 Å². The molecule has 0 amide bonds. The van der Waals surface area contributed by atoms with Crippen LogP contribution in [-0.2, 0) is 11.5 Å². The molecule has 4 nitrogen and oxygen atoms in total. The van der Waals surface area contributed by atoms with Crippen molar-refractivity contribution >= 4 is 19.7 Å². The Labute approximate surface area is 142 Å². The van der Waals surface area contributed by atoms with Crippen LogP contribution < -0.4 is 4.74 Å². The van der Waals surface area contributed by atoms with Crippen LogP contribution in [0.5, 0.6) is 5.75 Å². The van der Waals surface area contributed by atoms with E-state index in [1.165, 1.54) is 19.2 Å². The van der Waals surface area contributed by atoms with E-state index in [-0.39, 0.29) is 5.75 Å². The Balaban J connectivity index is 2.10. The lowest BCUT2D eigenvalue weighted by molar-refractivity contribution is 0.0787. The van der Waals surface area contributed by atoms with E-state index in [4.69, 9.17) is 21.1 Å². The van der Waals surface area contributed by atoms with Crippen LogP contribution in [0.3, 0.4) is 0 Å². The molecular weight excluding hydrogens is 335 g/mol. The van der Waals surface area contributed by atoms with Crippen molar-refractivity contribution in [2.45, 2.75) is 32.4 Å². The first kappa shape index (κ1) is 18.0. The van der Waals surface area contributed by atoms with Crippen molar-refractivity contribution in [1.29, 1.82) is 0 Å². The van der Waals surface area contributed by atoms with E-state index < -0.39 is 13.9 Å². The fraction of sp³-hybridized carbons (Fsp3) is 0.438. The second-order valence-electron chi connectivity index (χ2n) is 6.53. The molecular formula is C16H22ClFN2O2Si. The van der Waals surface area contributed by atoms with Crippen molar-refractivity contribution in [1.82, 2.24) is 9.78 Å². The van der Waals surface area contributed by atoms with Crippen molar-refractivity contribution in [3.63, 3.8) is 0 Å². The molecule has 2 rings (SSSR count). The second kappa shape index (κ2) is 7.46. The van der Waals surface area contributed by atoms with Gasteiger partial charge in [0.1, 0.15) is 6.73 Å². The number of nitrogens with zero attached hydrogens (tertiary/aromatic N) is 2. The minimum atomic E-state index is -1.10. The molecule has 0 bridgehead atoms. The number of ether oxygens (including phenoxy) is 2. The van der Waals surface area contributed by atoms with Crippen LogP contribution in [0.4, 0.5) is 4.39 Å². The average molecular weight is 357 g/mol. The van der Waals surface area contributed by atoms with Gasteiger partial charge in [0, 0.05) is 20.9 Å². The molecule has 0 N–H and O–H groups in total. The van der Waals surface area contributed by atoms with Crippen molar-refractivity contribution in [3.05, 3.63) is 35.2 Å². The Hall–Kier alpha value is -1.37. The molecule has 1 aromatic carbocycles. The lowest BCUT2D eigenvalue weighted by Crippen LogP contribution is -2.22. The van der Waals surface area contributed by atoms with Gasteiger partial charge in [0.2, 0.25) is 0 Å². The molecule has 0 aliphatic carbocycles. The fourth-order valence-electron chi connectivity index (χ4n) is 2.07. The number of hydrogen-bond donors (Lipinski definition) is 0. The van der Waals surface area contributed by atoms with Gasteiger partial charge < -0.3 is 9.47 Å². The van der Waals surface area contributed by atoms with Gasteiger partial charge in [-0.05, 0) is 24.2 Å². The van der Waals surface area contributed by atoms with Crippen LogP contribution in [0.1, 0.15) is 0 Å². The molecule has 0 fully saturated rings. The Bertz CT molecular complexity index is 671. The monoisotopic (exact) mass is 356 g/mol. The number of hydrogen-bond acceptors (Lipinski definition) is 3. The summed E-state index contributed by atoms with van der Waals surface area (Å²) in [5.41, 5.74) is 1.01. The molecule has 0 spiro atoms. The van der Waals surface area contributed by atoms with E-state index in [1.807, 2.05) is 0 Å². The molecule has 2 aromatic rings. The molecule has 23 heavy (non-hydrogen) atoms. The first-order chi connectivity index (χ1) is 10.8. The molecule has 0 atom stereocenters. The molecule has 0 unspecified atom stereocenters. The van der Waals surface area contributed by atoms with E-state index in [0.717, 1.165) is 12.7 Å². The number of benzene rings is 1. The van der Waals surface area contributed by atoms with Gasteiger partial charge in [-0.2, -0.15) is 5.10 Å². The van der Waals surface area contributed by atoms with Gasteiger partial charge >= 0.3 is 0 Å². The summed E-state index contributed by atoms with van der Waals surface area (Å²) >= 11 is 6.18. The van der Waals surface area contributed by atoms with Crippen molar-refractivity contribution < 1.29 is 13.9 Å². The number of aromatic nitrogens is 2. The maximum absolute atomic E-state index is 13.8. The topological polar surface area (TPSA) is 36.3 Å². The zero-order valence-electron chi connectivity index (χ0n) is 13.9. The van der Waals surface area contributed by atoms with Crippen LogP contribution in [0.2, 0.25) is 30.7 Å². The quantitative estimate of drug-likeness (QED) is 0.534. The normalized spacial score (nSPS) is 11.7. The van der Waals surface area contributed by atoms with E-state index in [9.17, 15) is 4.39 Å². The van der Waals surface area contributed by atoms with Gasteiger partial charge in [-0.3, -0.25) is 0 Å². The highest BCUT2D eigenvalue weighted by atomic mass is 35.5. The van der Waals surface area contributed by atoms with Crippen molar-refractivity contribution in [3.8, 4) is 17.0 Å². The number of rotatable bonds is 7. The second-order valence-corrected chi connectivity index (χ2v) is 12.6. The first-order valence-electron chi connectivity index (χ1n) is 7.45. The minimum absolute atomic E-state index is 0.0994. The standard InChI is InChI=1S/C16H22ClFN2O2Si/c1-21-16-13(18)6-5-12(17)15(16)14-7-8-20(19-14)11-22-9-10-23(2,3)4/h5-8H,9-11H2,1-4H3. The lowest BCUT2D eigenvalue weighted by Gasteiger charge is -2.15. The zero-order valence-corrected chi connectivity index (χ0v) is 15.7. The Morgan fingerprint density at radius 1 is 1.26 bits per heavy atom. The molecule has 0 saturated carbocycles. The number of methoxy groups -OCH3 is 1. The lowest BCUT2D eigenvalue weighted by atomic mass is 10.1. The predicted octanol–water partition coefficient (Wildman–Crippen LogP) is 4.66. The highest BCUT2D eigenvalue weighted by molar-refractivity contribution is 6.76. The summed E-state index contributed by atoms with van der Waals surface area (Å²) in [5.74, 6) is -0.366. The maximum atomic E-state index is 13.8. The van der Waals surface area contributed by atoms with Crippen LogP contribution in [0.25, 0.3) is 11.3 Å². The molecule has 0 saturated heterocycles. The van der Waals surface area contributed by atoms with Crippen molar-refractivity contribution in [2.75, 3.05) is 13.7 Å². The predicted molar refractivity (Wildman–Crippen MR) is 93.3 cm³/mol. The third-order valence-corrected chi connectivity index (χ3v) is 5.40. The molecule has 0 aliphatic rings. The van der Waals surface area contributed by atoms with Crippen LogP contribution >= 0.6 is 11.6 Å². The van der Waals surface area contributed by atoms with Crippen LogP contribution in [0, 0.1) is 5.82 Å². The fourth-order valence-corrected chi connectivity index (χ4v) is 3.08. The molecule has 0 radical (unpaired) electrons. The van der Waals surface area contributed by atoms with Gasteiger partial charge in [0.05, 0.1) is 23.4 Å². The maximum Gasteiger partial charge on any atom is 0.165 e. The van der Waals surface area contributed by atoms with Gasteiger partial charge in [-0.15, -0.1) is 0 Å². The Morgan fingerprint density at radius 3 is 2.65 bits per heavy atom. The zero-order chi connectivity index (χ0) is 17.0. The van der Waals surface area contributed by atoms with Crippen LogP contribution in [-0.4, -0.2) is 31.6 Å². The van der Waals surface area contributed by atoms with E-state index in [2.05, 4.69) is 24.7 Å². The molecule has 1 heterocycles. The third-order valence-electron chi connectivity index (χ3n) is 3.38. The average Bonchev–Trinajstić information content (AvgIpc) is 2.93. The number of halogens is 2.